The van der Waals surface area contributed by atoms with Crippen molar-refractivity contribution < 1.29 is 32.8 Å². The molecule has 4 fully saturated rings. The Kier molecular flexibility index (Phi) is 6.29. The second kappa shape index (κ2) is 8.70. The minimum absolute atomic E-state index is 0.0772. The van der Waals surface area contributed by atoms with Gasteiger partial charge in [0.1, 0.15) is 12.1 Å². The van der Waals surface area contributed by atoms with E-state index in [1.54, 1.807) is 0 Å². The van der Waals surface area contributed by atoms with Crippen LogP contribution in [0.2, 0.25) is 0 Å². The Labute approximate surface area is 201 Å². The van der Waals surface area contributed by atoms with Crippen molar-refractivity contribution in [3.8, 4) is 0 Å². The molecule has 5 amide bonds. The van der Waals surface area contributed by atoms with Gasteiger partial charge in [-0.1, -0.05) is 13.8 Å². The summed E-state index contributed by atoms with van der Waals surface area (Å²) in [4.78, 5) is 64.6. The molecule has 0 bridgehead atoms. The lowest BCUT2D eigenvalue weighted by molar-refractivity contribution is -0.147. The zero-order valence-electron chi connectivity index (χ0n) is 19.9. The first kappa shape index (κ1) is 25.3. The Hall–Kier alpha value is -2.79. The van der Waals surface area contributed by atoms with Gasteiger partial charge in [-0.15, -0.1) is 0 Å². The van der Waals surface area contributed by atoms with Gasteiger partial charge < -0.3 is 27.0 Å². The molecule has 0 aromatic heterocycles. The van der Waals surface area contributed by atoms with E-state index in [9.17, 15) is 32.8 Å². The van der Waals surface area contributed by atoms with Crippen molar-refractivity contribution in [2.75, 3.05) is 13.1 Å². The first-order valence-electron chi connectivity index (χ1n) is 12.1. The average molecular weight is 498 g/mol. The number of piperidine rings is 2. The van der Waals surface area contributed by atoms with Gasteiger partial charge >= 0.3 is 6.43 Å². The zero-order chi connectivity index (χ0) is 25.9. The number of hydrogen-bond acceptors (Lipinski definition) is 5. The first-order chi connectivity index (χ1) is 16.4. The fourth-order valence-electron chi connectivity index (χ4n) is 7.01. The number of likely N-dealkylation sites (tertiary alicyclic amines) is 1. The summed E-state index contributed by atoms with van der Waals surface area (Å²) in [7, 11) is 0. The van der Waals surface area contributed by atoms with E-state index in [4.69, 9.17) is 11.5 Å². The van der Waals surface area contributed by atoms with E-state index in [2.05, 4.69) is 10.6 Å². The number of nitrogens with one attached hydrogen (secondary N) is 2. The van der Waals surface area contributed by atoms with E-state index in [1.165, 1.54) is 4.90 Å². The van der Waals surface area contributed by atoms with Crippen molar-refractivity contribution >= 4 is 29.5 Å². The average Bonchev–Trinajstić information content (AvgIpc) is 3.64. The SMILES string of the molecule is CC1(C)C2CN(C(=O)[C@@H](NC(=O)C(F)F)C3CC3)C(C(N)=O)C21[C@H](C[C@@H]1CCCNC1=O)C(N)=O. The van der Waals surface area contributed by atoms with Gasteiger partial charge in [0.05, 0.1) is 0 Å². The van der Waals surface area contributed by atoms with Crippen LogP contribution < -0.4 is 22.1 Å². The van der Waals surface area contributed by atoms with Crippen LogP contribution in [0.5, 0.6) is 0 Å². The van der Waals surface area contributed by atoms with Crippen LogP contribution >= 0.6 is 0 Å². The van der Waals surface area contributed by atoms with Crippen LogP contribution in [0.3, 0.4) is 0 Å². The molecule has 10 nitrogen and oxygen atoms in total. The second-order valence-electron chi connectivity index (χ2n) is 10.9. The van der Waals surface area contributed by atoms with Crippen LogP contribution in [0.25, 0.3) is 0 Å². The second-order valence-corrected chi connectivity index (χ2v) is 10.9. The molecule has 2 saturated heterocycles. The predicted octanol–water partition coefficient (Wildman–Crippen LogP) is -0.497. The van der Waals surface area contributed by atoms with Gasteiger partial charge in [0.25, 0.3) is 5.91 Å². The highest BCUT2D eigenvalue weighted by Crippen LogP contribution is 2.78. The molecule has 0 aromatic rings. The van der Waals surface area contributed by atoms with Crippen LogP contribution in [0.1, 0.15) is 46.0 Å². The molecule has 0 spiro atoms. The lowest BCUT2D eigenvalue weighted by Crippen LogP contribution is -2.59. The first-order valence-corrected chi connectivity index (χ1v) is 12.1. The maximum absolute atomic E-state index is 13.5. The number of nitrogens with two attached hydrogens (primary N) is 2. The molecular weight excluding hydrogens is 464 g/mol. The van der Waals surface area contributed by atoms with Crippen molar-refractivity contribution in [1.29, 1.82) is 0 Å². The van der Waals surface area contributed by atoms with Crippen molar-refractivity contribution in [2.45, 2.75) is 64.5 Å². The summed E-state index contributed by atoms with van der Waals surface area (Å²) >= 11 is 0. The minimum Gasteiger partial charge on any atom is -0.369 e. The van der Waals surface area contributed by atoms with Crippen molar-refractivity contribution in [1.82, 2.24) is 15.5 Å². The molecule has 3 unspecified atom stereocenters. The summed E-state index contributed by atoms with van der Waals surface area (Å²) in [5, 5.41) is 4.91. The standard InChI is InChI=1S/C23H33F2N5O5/c1-22(2)13-9-30(21(35)14(10-5-6-10)29-20(34)16(24)25)15(18(27)32)23(13,22)12(17(26)31)8-11-4-3-7-28-19(11)33/h10-16H,3-9H2,1-2H3,(H2,26,31)(H2,27,32)(H,28,33)(H,29,34)/t11-,12+,13?,14-,15?,23?/m0/s1. The number of halogens is 2. The molecule has 0 radical (unpaired) electrons. The van der Waals surface area contributed by atoms with Crippen LogP contribution in [0.4, 0.5) is 8.78 Å². The molecule has 4 rings (SSSR count). The molecule has 2 saturated carbocycles. The van der Waals surface area contributed by atoms with E-state index in [-0.39, 0.29) is 30.7 Å². The van der Waals surface area contributed by atoms with Gasteiger partial charge in [-0.25, -0.2) is 0 Å². The third kappa shape index (κ3) is 3.94. The Bertz CT molecular complexity index is 955. The van der Waals surface area contributed by atoms with E-state index in [0.29, 0.717) is 25.8 Å². The third-order valence-corrected chi connectivity index (χ3v) is 8.87. The summed E-state index contributed by atoms with van der Waals surface area (Å²) in [6.45, 7) is 4.38. The van der Waals surface area contributed by atoms with Crippen molar-refractivity contribution in [2.24, 2.45) is 46.0 Å². The lowest BCUT2D eigenvalue weighted by Gasteiger charge is -2.40. The minimum atomic E-state index is -3.28. The lowest BCUT2D eigenvalue weighted by atomic mass is 9.71. The summed E-state index contributed by atoms with van der Waals surface area (Å²) in [6.07, 6.45) is -0.677. The molecule has 4 aliphatic rings. The smallest absolute Gasteiger partial charge is 0.315 e. The molecule has 2 aliphatic heterocycles. The molecule has 2 aliphatic carbocycles. The molecule has 6 atom stereocenters. The van der Waals surface area contributed by atoms with E-state index < -0.39 is 64.8 Å². The highest BCUT2D eigenvalue weighted by molar-refractivity contribution is 5.95. The third-order valence-electron chi connectivity index (χ3n) is 8.87. The summed E-state index contributed by atoms with van der Waals surface area (Å²) < 4.78 is 25.8. The van der Waals surface area contributed by atoms with Gasteiger partial charge in [-0.2, -0.15) is 8.78 Å². The number of amides is 5. The maximum atomic E-state index is 13.5. The Morgan fingerprint density at radius 1 is 1.17 bits per heavy atom. The van der Waals surface area contributed by atoms with Crippen LogP contribution in [-0.4, -0.2) is 66.0 Å². The highest BCUT2D eigenvalue weighted by atomic mass is 19.3. The molecular formula is C23H33F2N5O5. The Morgan fingerprint density at radius 3 is 2.34 bits per heavy atom. The van der Waals surface area contributed by atoms with Gasteiger partial charge in [0, 0.05) is 30.3 Å². The molecule has 35 heavy (non-hydrogen) atoms. The summed E-state index contributed by atoms with van der Waals surface area (Å²) in [5.41, 5.74) is 9.99. The van der Waals surface area contributed by atoms with E-state index >= 15 is 0 Å². The monoisotopic (exact) mass is 497 g/mol. The van der Waals surface area contributed by atoms with Gasteiger partial charge in [0.15, 0.2) is 0 Å². The number of alkyl halides is 2. The zero-order valence-corrected chi connectivity index (χ0v) is 19.9. The molecule has 12 heteroatoms. The highest BCUT2D eigenvalue weighted by Gasteiger charge is 2.83. The quantitative estimate of drug-likeness (QED) is 0.337. The van der Waals surface area contributed by atoms with Gasteiger partial charge in [-0.05, 0) is 49.4 Å². The topological polar surface area (TPSA) is 165 Å². The number of hydrogen-bond donors (Lipinski definition) is 4. The predicted molar refractivity (Wildman–Crippen MR) is 118 cm³/mol. The van der Waals surface area contributed by atoms with Gasteiger partial charge in [0.2, 0.25) is 23.6 Å². The van der Waals surface area contributed by atoms with E-state index in [0.717, 1.165) is 6.42 Å². The fraction of sp³-hybridized carbons (Fsp3) is 0.783. The Morgan fingerprint density at radius 2 is 1.83 bits per heavy atom. The maximum Gasteiger partial charge on any atom is 0.315 e. The number of fused-ring (bicyclic) bond motifs is 1. The van der Waals surface area contributed by atoms with Crippen LogP contribution in [-0.2, 0) is 24.0 Å². The van der Waals surface area contributed by atoms with Crippen LogP contribution in [0, 0.1) is 34.5 Å². The number of carbonyl (C=O) groups is 5. The van der Waals surface area contributed by atoms with Gasteiger partial charge in [-0.3, -0.25) is 24.0 Å². The molecule has 0 aromatic carbocycles. The summed E-state index contributed by atoms with van der Waals surface area (Å²) in [5.74, 6) is -5.89. The fourth-order valence-corrected chi connectivity index (χ4v) is 7.01. The number of nitrogens with zero attached hydrogens (tertiary/aromatic N) is 1. The van der Waals surface area contributed by atoms with Crippen molar-refractivity contribution in [3.63, 3.8) is 0 Å². The Balaban J connectivity index is 1.66. The largest absolute Gasteiger partial charge is 0.369 e. The molecule has 2 heterocycles. The van der Waals surface area contributed by atoms with Crippen LogP contribution in [0.15, 0.2) is 0 Å². The number of primary amides is 2. The van der Waals surface area contributed by atoms with Crippen molar-refractivity contribution in [3.05, 3.63) is 0 Å². The molecule has 194 valence electrons. The molecule has 6 N–H and O–H groups in total. The number of carbonyl (C=O) groups excluding carboxylic acids is 5. The van der Waals surface area contributed by atoms with E-state index in [1.807, 2.05) is 13.8 Å². The number of rotatable bonds is 9. The summed E-state index contributed by atoms with van der Waals surface area (Å²) in [6, 6.07) is -2.42. The normalized spacial score (nSPS) is 32.9.